The molecule has 0 spiro atoms. The predicted octanol–water partition coefficient (Wildman–Crippen LogP) is 3.58. The van der Waals surface area contributed by atoms with Crippen LogP contribution in [0, 0.1) is 0 Å². The lowest BCUT2D eigenvalue weighted by atomic mass is 10.0. The van der Waals surface area contributed by atoms with Crippen molar-refractivity contribution >= 4 is 39.9 Å². The third kappa shape index (κ3) is 4.18. The third-order valence-corrected chi connectivity index (χ3v) is 4.91. The molecule has 112 valence electrons. The highest BCUT2D eigenvalue weighted by Gasteiger charge is 2.11. The minimum Gasteiger partial charge on any atom is -0.481 e. The zero-order valence-electron chi connectivity index (χ0n) is 11.9. The van der Waals surface area contributed by atoms with Crippen molar-refractivity contribution < 1.29 is 9.90 Å². The molecule has 2 rings (SSSR count). The Balaban J connectivity index is 2.16. The van der Waals surface area contributed by atoms with Gasteiger partial charge in [0.15, 0.2) is 4.34 Å². The average molecular weight is 323 g/mol. The first-order valence-corrected chi connectivity index (χ1v) is 8.50. The second-order valence-electron chi connectivity index (χ2n) is 4.34. The fourth-order valence-electron chi connectivity index (χ4n) is 1.95. The summed E-state index contributed by atoms with van der Waals surface area (Å²) in [7, 11) is 0. The molecule has 1 aromatic carbocycles. The number of carboxylic acid groups (broad SMARTS) is 1. The van der Waals surface area contributed by atoms with Crippen molar-refractivity contribution in [2.75, 3.05) is 11.1 Å². The molecule has 2 aromatic rings. The summed E-state index contributed by atoms with van der Waals surface area (Å²) in [5.74, 6) is -0.852. The van der Waals surface area contributed by atoms with Gasteiger partial charge in [-0.3, -0.25) is 4.79 Å². The van der Waals surface area contributed by atoms with Gasteiger partial charge in [-0.05, 0) is 24.0 Å². The van der Waals surface area contributed by atoms with Crippen LogP contribution in [0.2, 0.25) is 0 Å². The molecule has 7 heteroatoms. The lowest BCUT2D eigenvalue weighted by Crippen LogP contribution is -1.99. The molecular weight excluding hydrogens is 306 g/mol. The van der Waals surface area contributed by atoms with Gasteiger partial charge in [0.2, 0.25) is 5.13 Å². The van der Waals surface area contributed by atoms with Crippen LogP contribution in [0.4, 0.5) is 10.8 Å². The van der Waals surface area contributed by atoms with Crippen molar-refractivity contribution in [3.8, 4) is 0 Å². The van der Waals surface area contributed by atoms with Gasteiger partial charge in [0.25, 0.3) is 0 Å². The summed E-state index contributed by atoms with van der Waals surface area (Å²) in [6, 6.07) is 6.27. The fourth-order valence-corrected chi connectivity index (χ4v) is 3.43. The number of rotatable bonds is 7. The fraction of sp³-hybridized carbons (Fsp3) is 0.357. The molecular formula is C14H17N3O2S2. The monoisotopic (exact) mass is 323 g/mol. The first-order chi connectivity index (χ1) is 10.1. The highest BCUT2D eigenvalue weighted by molar-refractivity contribution is 8.01. The summed E-state index contributed by atoms with van der Waals surface area (Å²) in [5, 5.41) is 20.8. The van der Waals surface area contributed by atoms with E-state index < -0.39 is 5.97 Å². The van der Waals surface area contributed by atoms with E-state index in [0.29, 0.717) is 9.47 Å². The lowest BCUT2D eigenvalue weighted by molar-refractivity contribution is -0.133. The molecule has 0 atom stereocenters. The molecule has 0 aliphatic carbocycles. The Morgan fingerprint density at radius 3 is 2.52 bits per heavy atom. The molecule has 2 N–H and O–H groups in total. The number of carbonyl (C=O) groups is 1. The van der Waals surface area contributed by atoms with Gasteiger partial charge in [-0.2, -0.15) is 0 Å². The quantitative estimate of drug-likeness (QED) is 0.759. The number of carboxylic acids is 1. The van der Waals surface area contributed by atoms with E-state index in [4.69, 9.17) is 5.11 Å². The minimum absolute atomic E-state index is 0.000387. The molecule has 5 nitrogen and oxygen atoms in total. The number of anilines is 2. The maximum atomic E-state index is 10.6. The highest BCUT2D eigenvalue weighted by atomic mass is 32.2. The number of hydrogen-bond donors (Lipinski definition) is 2. The molecule has 0 aliphatic heterocycles. The van der Waals surface area contributed by atoms with Crippen LogP contribution in [-0.2, 0) is 17.6 Å². The molecule has 0 bridgehead atoms. The Bertz CT molecular complexity index is 606. The van der Waals surface area contributed by atoms with Crippen LogP contribution in [0.3, 0.4) is 0 Å². The van der Waals surface area contributed by atoms with Gasteiger partial charge in [-0.25, -0.2) is 0 Å². The van der Waals surface area contributed by atoms with Crippen molar-refractivity contribution in [2.24, 2.45) is 0 Å². The zero-order chi connectivity index (χ0) is 15.2. The molecule has 21 heavy (non-hydrogen) atoms. The molecule has 1 aromatic heterocycles. The van der Waals surface area contributed by atoms with Crippen LogP contribution < -0.4 is 5.32 Å². The Labute approximate surface area is 131 Å². The van der Waals surface area contributed by atoms with Gasteiger partial charge < -0.3 is 10.4 Å². The number of aromatic nitrogens is 2. The SMILES string of the molecule is CCc1cccc(CC)c1Nc1nnc(SCC(=O)O)s1. The first kappa shape index (κ1) is 15.8. The molecule has 0 radical (unpaired) electrons. The number of benzene rings is 1. The highest BCUT2D eigenvalue weighted by Crippen LogP contribution is 2.31. The van der Waals surface area contributed by atoms with Crippen LogP contribution in [0.15, 0.2) is 22.5 Å². The molecule has 0 amide bonds. The lowest BCUT2D eigenvalue weighted by Gasteiger charge is -2.12. The van der Waals surface area contributed by atoms with Crippen LogP contribution in [0.5, 0.6) is 0 Å². The molecule has 0 fully saturated rings. The molecule has 0 saturated carbocycles. The molecule has 0 aliphatic rings. The van der Waals surface area contributed by atoms with E-state index >= 15 is 0 Å². The van der Waals surface area contributed by atoms with E-state index in [1.807, 2.05) is 0 Å². The van der Waals surface area contributed by atoms with Crippen molar-refractivity contribution in [1.29, 1.82) is 0 Å². The Morgan fingerprint density at radius 1 is 1.29 bits per heavy atom. The van der Waals surface area contributed by atoms with Crippen LogP contribution in [0.25, 0.3) is 0 Å². The van der Waals surface area contributed by atoms with Gasteiger partial charge in [0.1, 0.15) is 0 Å². The number of para-hydroxylation sites is 1. The van der Waals surface area contributed by atoms with Crippen molar-refractivity contribution in [1.82, 2.24) is 10.2 Å². The second kappa shape index (κ2) is 7.42. The van der Waals surface area contributed by atoms with Gasteiger partial charge in [-0.1, -0.05) is 55.1 Å². The predicted molar refractivity (Wildman–Crippen MR) is 86.7 cm³/mol. The van der Waals surface area contributed by atoms with Crippen LogP contribution >= 0.6 is 23.1 Å². The summed E-state index contributed by atoms with van der Waals surface area (Å²) in [6.45, 7) is 4.24. The Kier molecular flexibility index (Phi) is 5.58. The van der Waals surface area contributed by atoms with Crippen molar-refractivity contribution in [3.63, 3.8) is 0 Å². The van der Waals surface area contributed by atoms with Gasteiger partial charge in [0, 0.05) is 5.69 Å². The number of nitrogens with one attached hydrogen (secondary N) is 1. The topological polar surface area (TPSA) is 75.1 Å². The Morgan fingerprint density at radius 2 is 1.95 bits per heavy atom. The second-order valence-corrected chi connectivity index (χ2v) is 6.54. The van der Waals surface area contributed by atoms with E-state index in [1.165, 1.54) is 34.2 Å². The smallest absolute Gasteiger partial charge is 0.313 e. The summed E-state index contributed by atoms with van der Waals surface area (Å²) in [4.78, 5) is 10.6. The van der Waals surface area contributed by atoms with Crippen molar-refractivity contribution in [3.05, 3.63) is 29.3 Å². The van der Waals surface area contributed by atoms with E-state index in [0.717, 1.165) is 18.5 Å². The van der Waals surface area contributed by atoms with Gasteiger partial charge >= 0.3 is 5.97 Å². The summed E-state index contributed by atoms with van der Waals surface area (Å²) < 4.78 is 0.659. The largest absolute Gasteiger partial charge is 0.481 e. The van der Waals surface area contributed by atoms with Crippen LogP contribution in [0.1, 0.15) is 25.0 Å². The molecule has 0 saturated heterocycles. The molecule has 0 unspecified atom stereocenters. The van der Waals surface area contributed by atoms with Gasteiger partial charge in [0.05, 0.1) is 5.75 Å². The maximum Gasteiger partial charge on any atom is 0.313 e. The van der Waals surface area contributed by atoms with E-state index in [-0.39, 0.29) is 5.75 Å². The number of aliphatic carboxylic acids is 1. The number of aryl methyl sites for hydroxylation is 2. The van der Waals surface area contributed by atoms with Crippen LogP contribution in [-0.4, -0.2) is 27.0 Å². The summed E-state index contributed by atoms with van der Waals surface area (Å²) in [5.41, 5.74) is 3.57. The zero-order valence-corrected chi connectivity index (χ0v) is 13.6. The van der Waals surface area contributed by atoms with E-state index in [2.05, 4.69) is 47.6 Å². The van der Waals surface area contributed by atoms with E-state index in [9.17, 15) is 4.79 Å². The average Bonchev–Trinajstić information content (AvgIpc) is 2.93. The normalized spacial score (nSPS) is 10.6. The minimum atomic E-state index is -0.852. The number of thioether (sulfide) groups is 1. The molecule has 1 heterocycles. The number of nitrogens with zero attached hydrogens (tertiary/aromatic N) is 2. The third-order valence-electron chi connectivity index (χ3n) is 2.96. The first-order valence-electron chi connectivity index (χ1n) is 6.69. The number of hydrogen-bond acceptors (Lipinski definition) is 6. The van der Waals surface area contributed by atoms with Gasteiger partial charge in [-0.15, -0.1) is 10.2 Å². The van der Waals surface area contributed by atoms with E-state index in [1.54, 1.807) is 0 Å². The maximum absolute atomic E-state index is 10.6. The standard InChI is InChI=1S/C14H17N3O2S2/c1-3-9-6-5-7-10(4-2)12(9)15-13-16-17-14(21-13)20-8-11(18)19/h5-7H,3-4,8H2,1-2H3,(H,15,16)(H,18,19). The Hall–Kier alpha value is -1.60. The summed E-state index contributed by atoms with van der Waals surface area (Å²) >= 11 is 2.56. The summed E-state index contributed by atoms with van der Waals surface area (Å²) in [6.07, 6.45) is 1.88. The van der Waals surface area contributed by atoms with Crippen molar-refractivity contribution in [2.45, 2.75) is 31.0 Å².